The summed E-state index contributed by atoms with van der Waals surface area (Å²) in [5.41, 5.74) is 2.50. The fourth-order valence-electron chi connectivity index (χ4n) is 3.86. The average molecular weight is 422 g/mol. The Bertz CT molecular complexity index is 964. The Morgan fingerprint density at radius 3 is 2.77 bits per heavy atom. The van der Waals surface area contributed by atoms with Gasteiger partial charge in [0.15, 0.2) is 0 Å². The first-order valence-corrected chi connectivity index (χ1v) is 10.6. The molecule has 3 aromatic rings. The summed E-state index contributed by atoms with van der Waals surface area (Å²) in [6, 6.07) is 15.2. The van der Waals surface area contributed by atoms with Crippen LogP contribution in [-0.4, -0.2) is 55.8 Å². The molecule has 0 unspecified atom stereocenters. The third-order valence-corrected chi connectivity index (χ3v) is 5.50. The van der Waals surface area contributed by atoms with Gasteiger partial charge in [0, 0.05) is 25.4 Å². The van der Waals surface area contributed by atoms with E-state index in [0.29, 0.717) is 12.2 Å². The minimum atomic E-state index is -0.434. The topological polar surface area (TPSA) is 102 Å². The molecule has 0 radical (unpaired) electrons. The van der Waals surface area contributed by atoms with Crippen molar-refractivity contribution < 1.29 is 14.6 Å². The van der Waals surface area contributed by atoms with Gasteiger partial charge in [0.1, 0.15) is 11.8 Å². The van der Waals surface area contributed by atoms with Crippen LogP contribution in [0.5, 0.6) is 0 Å². The maximum Gasteiger partial charge on any atom is 0.270 e. The lowest BCUT2D eigenvalue weighted by Gasteiger charge is -2.36. The number of carbonyl (C=O) groups excluding carboxylic acids is 1. The molecule has 8 nitrogen and oxygen atoms in total. The number of rotatable bonds is 8. The van der Waals surface area contributed by atoms with Gasteiger partial charge in [-0.3, -0.25) is 14.5 Å². The molecule has 8 heteroatoms. The summed E-state index contributed by atoms with van der Waals surface area (Å²) in [6.07, 6.45) is 6.19. The molecule has 0 bridgehead atoms. The van der Waals surface area contributed by atoms with Gasteiger partial charge in [-0.25, -0.2) is 0 Å². The zero-order chi connectivity index (χ0) is 21.5. The SMILES string of the molecule is O=C(N[C@@H]1CC[C@@H](CCn2cc(Cc3ccccc3)nn2)O[C@H]1CO)c1ccccn1. The molecule has 1 aliphatic heterocycles. The summed E-state index contributed by atoms with van der Waals surface area (Å²) in [5, 5.41) is 21.2. The molecule has 1 saturated heterocycles. The average Bonchev–Trinajstić information content (AvgIpc) is 3.26. The van der Waals surface area contributed by atoms with E-state index in [1.165, 1.54) is 5.56 Å². The van der Waals surface area contributed by atoms with Gasteiger partial charge >= 0.3 is 0 Å². The number of nitrogens with zero attached hydrogens (tertiary/aromatic N) is 4. The Hall–Kier alpha value is -3.10. The van der Waals surface area contributed by atoms with Gasteiger partial charge in [-0.2, -0.15) is 0 Å². The number of aryl methyl sites for hydroxylation is 1. The van der Waals surface area contributed by atoms with Crippen LogP contribution in [0.1, 0.15) is 41.0 Å². The lowest BCUT2D eigenvalue weighted by Crippen LogP contribution is -2.51. The molecule has 0 aliphatic carbocycles. The van der Waals surface area contributed by atoms with Gasteiger partial charge in [-0.05, 0) is 37.0 Å². The van der Waals surface area contributed by atoms with Crippen LogP contribution in [0.15, 0.2) is 60.9 Å². The second-order valence-corrected chi connectivity index (χ2v) is 7.78. The highest BCUT2D eigenvalue weighted by molar-refractivity contribution is 5.92. The first kappa shape index (κ1) is 21.1. The highest BCUT2D eigenvalue weighted by atomic mass is 16.5. The zero-order valence-corrected chi connectivity index (χ0v) is 17.3. The molecule has 1 aromatic carbocycles. The lowest BCUT2D eigenvalue weighted by atomic mass is 9.97. The Morgan fingerprint density at radius 2 is 2.00 bits per heavy atom. The lowest BCUT2D eigenvalue weighted by molar-refractivity contribution is -0.0912. The van der Waals surface area contributed by atoms with Crippen molar-refractivity contribution in [1.29, 1.82) is 0 Å². The van der Waals surface area contributed by atoms with E-state index < -0.39 is 6.10 Å². The van der Waals surface area contributed by atoms with Crippen molar-refractivity contribution in [3.05, 3.63) is 77.9 Å². The minimum absolute atomic E-state index is 0.00178. The predicted molar refractivity (Wildman–Crippen MR) is 114 cm³/mol. The largest absolute Gasteiger partial charge is 0.394 e. The fourth-order valence-corrected chi connectivity index (χ4v) is 3.86. The summed E-state index contributed by atoms with van der Waals surface area (Å²) in [5.74, 6) is -0.250. The van der Waals surface area contributed by atoms with E-state index >= 15 is 0 Å². The number of hydrogen-bond donors (Lipinski definition) is 2. The number of aromatic nitrogens is 4. The van der Waals surface area contributed by atoms with Gasteiger partial charge in [0.25, 0.3) is 5.91 Å². The van der Waals surface area contributed by atoms with Crippen LogP contribution in [-0.2, 0) is 17.7 Å². The van der Waals surface area contributed by atoms with Crippen molar-refractivity contribution >= 4 is 5.91 Å². The van der Waals surface area contributed by atoms with E-state index in [4.69, 9.17) is 4.74 Å². The summed E-state index contributed by atoms with van der Waals surface area (Å²) < 4.78 is 7.90. The van der Waals surface area contributed by atoms with Crippen LogP contribution in [0.4, 0.5) is 0 Å². The molecule has 0 spiro atoms. The maximum absolute atomic E-state index is 12.4. The molecule has 2 aromatic heterocycles. The summed E-state index contributed by atoms with van der Waals surface area (Å²) in [7, 11) is 0. The molecule has 2 N–H and O–H groups in total. The van der Waals surface area contributed by atoms with Crippen LogP contribution >= 0.6 is 0 Å². The molecule has 1 amide bonds. The smallest absolute Gasteiger partial charge is 0.270 e. The number of aliphatic hydroxyl groups excluding tert-OH is 1. The van der Waals surface area contributed by atoms with Crippen LogP contribution in [0.3, 0.4) is 0 Å². The number of pyridine rings is 1. The van der Waals surface area contributed by atoms with Gasteiger partial charge in [0.05, 0.1) is 24.4 Å². The van der Waals surface area contributed by atoms with Crippen LogP contribution < -0.4 is 5.32 Å². The first-order chi connectivity index (χ1) is 15.2. The standard InChI is InChI=1S/C23H27N5O3/c29-16-22-20(25-23(30)21-8-4-5-12-24-21)10-9-19(31-22)11-13-28-15-18(26-27-28)14-17-6-2-1-3-7-17/h1-8,12,15,19-20,22,29H,9-11,13-14,16H2,(H,25,30)/t19-,20+,22-/m0/s1. The molecule has 162 valence electrons. The number of benzene rings is 1. The monoisotopic (exact) mass is 421 g/mol. The summed E-state index contributed by atoms with van der Waals surface area (Å²) in [6.45, 7) is 0.545. The van der Waals surface area contributed by atoms with Crippen molar-refractivity contribution in [2.45, 2.75) is 50.5 Å². The van der Waals surface area contributed by atoms with E-state index in [1.807, 2.05) is 29.1 Å². The third kappa shape index (κ3) is 5.74. The Kier molecular flexibility index (Phi) is 7.01. The Labute approximate surface area is 181 Å². The molecule has 3 heterocycles. The van der Waals surface area contributed by atoms with Crippen molar-refractivity contribution in [1.82, 2.24) is 25.3 Å². The number of hydrogen-bond acceptors (Lipinski definition) is 6. The summed E-state index contributed by atoms with van der Waals surface area (Å²) >= 11 is 0. The van der Waals surface area contributed by atoms with Crippen molar-refractivity contribution in [3.63, 3.8) is 0 Å². The third-order valence-electron chi connectivity index (χ3n) is 5.50. The predicted octanol–water partition coefficient (Wildman–Crippen LogP) is 1.99. The van der Waals surface area contributed by atoms with Crippen LogP contribution in [0.2, 0.25) is 0 Å². The zero-order valence-electron chi connectivity index (χ0n) is 17.3. The van der Waals surface area contributed by atoms with Crippen molar-refractivity contribution in [3.8, 4) is 0 Å². The number of ether oxygens (including phenoxy) is 1. The highest BCUT2D eigenvalue weighted by Crippen LogP contribution is 2.22. The van der Waals surface area contributed by atoms with E-state index in [9.17, 15) is 9.90 Å². The Balaban J connectivity index is 1.26. The van der Waals surface area contributed by atoms with E-state index in [0.717, 1.165) is 31.4 Å². The fraction of sp³-hybridized carbons (Fsp3) is 0.391. The molecule has 31 heavy (non-hydrogen) atoms. The van der Waals surface area contributed by atoms with Crippen LogP contribution in [0.25, 0.3) is 0 Å². The number of aliphatic hydroxyl groups is 1. The van der Waals surface area contributed by atoms with E-state index in [2.05, 4.69) is 32.7 Å². The van der Waals surface area contributed by atoms with Gasteiger partial charge < -0.3 is 15.2 Å². The minimum Gasteiger partial charge on any atom is -0.394 e. The number of nitrogens with one attached hydrogen (secondary N) is 1. The Morgan fingerprint density at radius 1 is 1.16 bits per heavy atom. The number of amides is 1. The van der Waals surface area contributed by atoms with Gasteiger partial charge in [-0.15, -0.1) is 5.10 Å². The molecule has 4 rings (SSSR count). The molecule has 1 fully saturated rings. The second-order valence-electron chi connectivity index (χ2n) is 7.78. The summed E-state index contributed by atoms with van der Waals surface area (Å²) in [4.78, 5) is 16.4. The molecule has 3 atom stereocenters. The van der Waals surface area contributed by atoms with Gasteiger partial charge in [0.2, 0.25) is 0 Å². The second kappa shape index (κ2) is 10.3. The number of carbonyl (C=O) groups is 1. The van der Waals surface area contributed by atoms with Crippen molar-refractivity contribution in [2.24, 2.45) is 0 Å². The van der Waals surface area contributed by atoms with Crippen LogP contribution in [0, 0.1) is 0 Å². The van der Waals surface area contributed by atoms with E-state index in [-0.39, 0.29) is 24.7 Å². The van der Waals surface area contributed by atoms with E-state index in [1.54, 1.807) is 24.4 Å². The first-order valence-electron chi connectivity index (χ1n) is 10.6. The maximum atomic E-state index is 12.4. The molecular weight excluding hydrogens is 394 g/mol. The van der Waals surface area contributed by atoms with Gasteiger partial charge in [-0.1, -0.05) is 41.6 Å². The highest BCUT2D eigenvalue weighted by Gasteiger charge is 2.32. The quantitative estimate of drug-likeness (QED) is 0.577. The molecular formula is C23H27N5O3. The van der Waals surface area contributed by atoms with Crippen molar-refractivity contribution in [2.75, 3.05) is 6.61 Å². The molecule has 1 aliphatic rings. The normalized spacial score (nSPS) is 21.0. The molecule has 0 saturated carbocycles.